The van der Waals surface area contributed by atoms with Gasteiger partial charge in [0.05, 0.1) is 5.56 Å². The van der Waals surface area contributed by atoms with Crippen LogP contribution >= 0.6 is 0 Å². The van der Waals surface area contributed by atoms with Gasteiger partial charge in [-0.05, 0) is 42.3 Å². The molecule has 0 spiro atoms. The van der Waals surface area contributed by atoms with Crippen LogP contribution in [0.3, 0.4) is 0 Å². The van der Waals surface area contributed by atoms with Gasteiger partial charge in [-0.25, -0.2) is 8.78 Å². The summed E-state index contributed by atoms with van der Waals surface area (Å²) in [7, 11) is 0. The van der Waals surface area contributed by atoms with Crippen LogP contribution in [0.4, 0.5) is 8.78 Å². The van der Waals surface area contributed by atoms with Crippen molar-refractivity contribution in [3.05, 3.63) is 77.5 Å². The van der Waals surface area contributed by atoms with E-state index in [1.165, 1.54) is 24.3 Å². The van der Waals surface area contributed by atoms with Crippen LogP contribution in [-0.2, 0) is 0 Å². The van der Waals surface area contributed by atoms with Crippen LogP contribution in [0.25, 0.3) is 16.5 Å². The second kappa shape index (κ2) is 6.16. The smallest absolute Gasteiger partial charge is 0.257 e. The topological polar surface area (TPSA) is 36.1 Å². The van der Waals surface area contributed by atoms with E-state index in [1.54, 1.807) is 23.1 Å². The summed E-state index contributed by atoms with van der Waals surface area (Å²) in [6.07, 6.45) is 4.52. The van der Waals surface area contributed by atoms with E-state index in [0.717, 1.165) is 22.0 Å². The first-order chi connectivity index (χ1) is 12.1. The third-order valence-electron chi connectivity index (χ3n) is 4.59. The number of hydrogen-bond acceptors (Lipinski definition) is 1. The van der Waals surface area contributed by atoms with Crippen molar-refractivity contribution >= 4 is 22.4 Å². The summed E-state index contributed by atoms with van der Waals surface area (Å²) in [6, 6.07) is 10.7. The number of halogens is 2. The number of aromatic amines is 1. The molecule has 126 valence electrons. The van der Waals surface area contributed by atoms with Gasteiger partial charge in [-0.15, -0.1) is 0 Å². The van der Waals surface area contributed by atoms with Gasteiger partial charge in [-0.1, -0.05) is 18.2 Å². The number of H-pyrrole nitrogens is 1. The Morgan fingerprint density at radius 2 is 1.96 bits per heavy atom. The molecule has 2 aromatic carbocycles. The highest BCUT2D eigenvalue weighted by Crippen LogP contribution is 2.30. The Balaban J connectivity index is 1.58. The zero-order valence-electron chi connectivity index (χ0n) is 13.4. The molecular formula is C20H16F2N2O. The van der Waals surface area contributed by atoms with E-state index in [2.05, 4.69) is 4.98 Å². The number of carbonyl (C=O) groups is 1. The van der Waals surface area contributed by atoms with Gasteiger partial charge in [0, 0.05) is 35.8 Å². The lowest BCUT2D eigenvalue weighted by Gasteiger charge is -2.26. The van der Waals surface area contributed by atoms with E-state index in [9.17, 15) is 13.6 Å². The summed E-state index contributed by atoms with van der Waals surface area (Å²) in [4.78, 5) is 17.2. The fraction of sp³-hybridized carbons (Fsp3) is 0.150. The van der Waals surface area contributed by atoms with Crippen LogP contribution in [-0.4, -0.2) is 28.9 Å². The molecular weight excluding hydrogens is 322 g/mol. The molecule has 1 aliphatic rings. The number of nitrogens with zero attached hydrogens (tertiary/aromatic N) is 1. The highest BCUT2D eigenvalue weighted by molar-refractivity contribution is 5.96. The summed E-state index contributed by atoms with van der Waals surface area (Å²) in [5.41, 5.74) is 2.98. The Hall–Kier alpha value is -2.95. The molecule has 3 aromatic rings. The first-order valence-electron chi connectivity index (χ1n) is 8.13. The van der Waals surface area contributed by atoms with Gasteiger partial charge >= 0.3 is 0 Å². The van der Waals surface area contributed by atoms with Crippen LogP contribution in [0.5, 0.6) is 0 Å². The summed E-state index contributed by atoms with van der Waals surface area (Å²) in [5.74, 6) is -1.07. The first kappa shape index (κ1) is 15.6. The number of hydrogen-bond donors (Lipinski definition) is 1. The lowest BCUT2D eigenvalue weighted by molar-refractivity contribution is 0.0768. The lowest BCUT2D eigenvalue weighted by atomic mass is 9.98. The molecule has 25 heavy (non-hydrogen) atoms. The van der Waals surface area contributed by atoms with E-state index in [-0.39, 0.29) is 17.3 Å². The van der Waals surface area contributed by atoms with Crippen molar-refractivity contribution in [2.45, 2.75) is 6.42 Å². The number of nitrogens with one attached hydrogen (secondary N) is 1. The molecule has 2 heterocycles. The predicted octanol–water partition coefficient (Wildman–Crippen LogP) is 4.38. The molecule has 0 fully saturated rings. The zero-order valence-corrected chi connectivity index (χ0v) is 13.4. The van der Waals surface area contributed by atoms with Gasteiger partial charge in [-0.3, -0.25) is 4.79 Å². The van der Waals surface area contributed by atoms with E-state index >= 15 is 0 Å². The molecule has 0 saturated heterocycles. The quantitative estimate of drug-likeness (QED) is 0.740. The maximum atomic E-state index is 13.8. The standard InChI is InChI=1S/C20H16F2N2O/c21-14-5-6-15-17(12-23-19(15)11-14)13-7-9-24(10-8-13)20(25)16-3-1-2-4-18(16)22/h1-7,11-12,23H,8-10H2. The van der Waals surface area contributed by atoms with Crippen molar-refractivity contribution in [3.8, 4) is 0 Å². The molecule has 0 radical (unpaired) electrons. The molecule has 0 atom stereocenters. The molecule has 1 aromatic heterocycles. The molecule has 0 aliphatic carbocycles. The molecule has 4 rings (SSSR count). The lowest BCUT2D eigenvalue weighted by Crippen LogP contribution is -2.35. The fourth-order valence-electron chi connectivity index (χ4n) is 3.27. The van der Waals surface area contributed by atoms with Crippen molar-refractivity contribution in [3.63, 3.8) is 0 Å². The van der Waals surface area contributed by atoms with Crippen molar-refractivity contribution in [2.24, 2.45) is 0 Å². The van der Waals surface area contributed by atoms with Crippen molar-refractivity contribution in [1.82, 2.24) is 9.88 Å². The predicted molar refractivity (Wildman–Crippen MR) is 93.2 cm³/mol. The van der Waals surface area contributed by atoms with Gasteiger partial charge in [0.1, 0.15) is 11.6 Å². The monoisotopic (exact) mass is 338 g/mol. The van der Waals surface area contributed by atoms with Crippen LogP contribution < -0.4 is 0 Å². The highest BCUT2D eigenvalue weighted by Gasteiger charge is 2.22. The molecule has 0 saturated carbocycles. The molecule has 0 unspecified atom stereocenters. The van der Waals surface area contributed by atoms with Gasteiger partial charge < -0.3 is 9.88 Å². The Morgan fingerprint density at radius 3 is 2.72 bits per heavy atom. The summed E-state index contributed by atoms with van der Waals surface area (Å²) < 4.78 is 27.1. The Labute approximate surface area is 143 Å². The van der Waals surface area contributed by atoms with Crippen molar-refractivity contribution in [2.75, 3.05) is 13.1 Å². The van der Waals surface area contributed by atoms with Crippen LogP contribution in [0.1, 0.15) is 22.3 Å². The zero-order chi connectivity index (χ0) is 17.4. The Kier molecular flexibility index (Phi) is 3.84. The van der Waals surface area contributed by atoms with E-state index < -0.39 is 5.82 Å². The minimum absolute atomic E-state index is 0.0990. The second-order valence-corrected chi connectivity index (χ2v) is 6.10. The van der Waals surface area contributed by atoms with E-state index in [4.69, 9.17) is 0 Å². The summed E-state index contributed by atoms with van der Waals surface area (Å²) in [5, 5.41) is 0.960. The second-order valence-electron chi connectivity index (χ2n) is 6.10. The average molecular weight is 338 g/mol. The van der Waals surface area contributed by atoms with Crippen molar-refractivity contribution < 1.29 is 13.6 Å². The van der Waals surface area contributed by atoms with Gasteiger partial charge in [0.25, 0.3) is 5.91 Å². The minimum Gasteiger partial charge on any atom is -0.360 e. The van der Waals surface area contributed by atoms with Crippen LogP contribution in [0, 0.1) is 11.6 Å². The van der Waals surface area contributed by atoms with Crippen LogP contribution in [0.2, 0.25) is 0 Å². The average Bonchev–Trinajstić information content (AvgIpc) is 3.04. The summed E-state index contributed by atoms with van der Waals surface area (Å²) in [6.45, 7) is 0.948. The molecule has 5 heteroatoms. The van der Waals surface area contributed by atoms with Gasteiger partial charge in [0.15, 0.2) is 0 Å². The SMILES string of the molecule is O=C(c1ccccc1F)N1CC=C(c2c[nH]c3cc(F)ccc23)CC1. The molecule has 3 nitrogen and oxygen atoms in total. The normalized spacial score (nSPS) is 14.6. The number of aromatic nitrogens is 1. The van der Waals surface area contributed by atoms with E-state index in [0.29, 0.717) is 19.5 Å². The van der Waals surface area contributed by atoms with Crippen molar-refractivity contribution in [1.29, 1.82) is 0 Å². The molecule has 0 bridgehead atoms. The largest absolute Gasteiger partial charge is 0.360 e. The third-order valence-corrected chi connectivity index (χ3v) is 4.59. The summed E-state index contributed by atoms with van der Waals surface area (Å²) >= 11 is 0. The third kappa shape index (κ3) is 2.82. The van der Waals surface area contributed by atoms with Crippen LogP contribution in [0.15, 0.2) is 54.7 Å². The van der Waals surface area contributed by atoms with E-state index in [1.807, 2.05) is 12.3 Å². The number of carbonyl (C=O) groups excluding carboxylic acids is 1. The molecule has 1 aliphatic heterocycles. The number of benzene rings is 2. The highest BCUT2D eigenvalue weighted by atomic mass is 19.1. The molecule has 1 N–H and O–H groups in total. The van der Waals surface area contributed by atoms with Gasteiger partial charge in [-0.2, -0.15) is 0 Å². The maximum absolute atomic E-state index is 13.8. The Bertz CT molecular complexity index is 990. The maximum Gasteiger partial charge on any atom is 0.257 e. The minimum atomic E-state index is -0.499. The number of amides is 1. The Morgan fingerprint density at radius 1 is 1.12 bits per heavy atom. The number of fused-ring (bicyclic) bond motifs is 1. The number of rotatable bonds is 2. The van der Waals surface area contributed by atoms with Gasteiger partial charge in [0.2, 0.25) is 0 Å². The molecule has 1 amide bonds. The fourth-order valence-corrected chi connectivity index (χ4v) is 3.27. The first-order valence-corrected chi connectivity index (χ1v) is 8.13.